The van der Waals surface area contributed by atoms with E-state index in [2.05, 4.69) is 15.5 Å². The number of thiazole rings is 1. The number of carbonyl (C=O) groups is 3. The standard InChI is InChI=1S/C29H24Cl2FN9O5S2/c1-46-38-20(19-23(31)48-29(35)37-19)25(42)36-21-26(43)41-22(28(44)45)14(11-47-27(21)41)8-39-4-2-12-3-5-40(18(12)10-39)9-15-16(30)6-13(24(33)34)7-17(15)32/h2-7,10,21,27H,8-9,11H2,1H3,(H6-,33,34,35,36,37,42,44,45)/p+1/t21-,27-/m1/s1. The largest absolute Gasteiger partial charge is 0.477 e. The quantitative estimate of drug-likeness (QED) is 0.0533. The van der Waals surface area contributed by atoms with Crippen molar-refractivity contribution in [2.24, 2.45) is 10.9 Å². The third-order valence-corrected chi connectivity index (χ3v) is 10.4. The van der Waals surface area contributed by atoms with E-state index in [0.29, 0.717) is 5.57 Å². The zero-order valence-electron chi connectivity index (χ0n) is 24.7. The summed E-state index contributed by atoms with van der Waals surface area (Å²) < 4.78 is 18.6. The Hall–Kier alpha value is -4.71. The second kappa shape index (κ2) is 13.1. The van der Waals surface area contributed by atoms with Gasteiger partial charge >= 0.3 is 5.97 Å². The van der Waals surface area contributed by atoms with Gasteiger partial charge in [-0.25, -0.2) is 14.2 Å². The summed E-state index contributed by atoms with van der Waals surface area (Å²) in [5.41, 5.74) is 12.3. The van der Waals surface area contributed by atoms with Crippen LogP contribution < -0.4 is 21.4 Å². The van der Waals surface area contributed by atoms with E-state index in [1.54, 1.807) is 27.7 Å². The number of aliphatic carboxylic acids is 1. The predicted molar refractivity (Wildman–Crippen MR) is 178 cm³/mol. The van der Waals surface area contributed by atoms with Gasteiger partial charge in [0.1, 0.15) is 51.4 Å². The SMILES string of the molecule is CON=C(C(=O)N[C@@H]1C(=O)N2C(C(=O)O)=C(C[n+]3ccc4ccn(Cc5c(F)cc(C(=N)N)cc5Cl)c4c3)CS[C@H]12)c1nc(N)sc1Cl. The Balaban J connectivity index is 1.23. The number of fused-ring (bicyclic) bond motifs is 2. The summed E-state index contributed by atoms with van der Waals surface area (Å²) in [5, 5.41) is 24.5. The molecule has 0 aliphatic carbocycles. The lowest BCUT2D eigenvalue weighted by Gasteiger charge is -2.49. The molecule has 3 aromatic heterocycles. The molecule has 2 aliphatic heterocycles. The normalized spacial score (nSPS) is 17.7. The number of benzene rings is 1. The van der Waals surface area contributed by atoms with Crippen LogP contribution in [-0.4, -0.2) is 73.2 Å². The van der Waals surface area contributed by atoms with Crippen molar-refractivity contribution in [3.63, 3.8) is 0 Å². The molecular formula is C29H25Cl2FN9O5S2+. The van der Waals surface area contributed by atoms with Crippen LogP contribution in [0.2, 0.25) is 9.36 Å². The Labute approximate surface area is 289 Å². The summed E-state index contributed by atoms with van der Waals surface area (Å²) in [6.07, 6.45) is 5.35. The van der Waals surface area contributed by atoms with Gasteiger partial charge in [0.25, 0.3) is 11.8 Å². The molecule has 248 valence electrons. The first-order valence-corrected chi connectivity index (χ1v) is 16.5. The molecule has 2 amide bonds. The summed E-state index contributed by atoms with van der Waals surface area (Å²) in [7, 11) is 1.23. The van der Waals surface area contributed by atoms with Gasteiger partial charge < -0.3 is 31.3 Å². The average Bonchev–Trinajstić information content (AvgIpc) is 3.60. The molecule has 0 radical (unpaired) electrons. The number of carboxylic acid groups (broad SMARTS) is 1. The van der Waals surface area contributed by atoms with Gasteiger partial charge in [0, 0.05) is 45.1 Å². The van der Waals surface area contributed by atoms with Crippen molar-refractivity contribution >= 4 is 91.7 Å². The zero-order chi connectivity index (χ0) is 34.4. The highest BCUT2D eigenvalue weighted by molar-refractivity contribution is 8.00. The zero-order valence-corrected chi connectivity index (χ0v) is 27.9. The molecule has 7 N–H and O–H groups in total. The Kier molecular flexibility index (Phi) is 9.04. The number of nitrogen functional groups attached to an aromatic ring is 2. The summed E-state index contributed by atoms with van der Waals surface area (Å²) in [6.45, 7) is 0.227. The maximum atomic E-state index is 14.9. The average molecular weight is 734 g/mol. The van der Waals surface area contributed by atoms with Crippen molar-refractivity contribution in [1.29, 1.82) is 5.41 Å². The molecule has 1 fully saturated rings. The molecule has 2 atom stereocenters. The van der Waals surface area contributed by atoms with Gasteiger partial charge in [-0.15, -0.1) is 11.8 Å². The monoisotopic (exact) mass is 732 g/mol. The Morgan fingerprint density at radius 2 is 2.10 bits per heavy atom. The number of carbonyl (C=O) groups excluding carboxylic acids is 2. The van der Waals surface area contributed by atoms with E-state index in [1.807, 2.05) is 12.1 Å². The first-order valence-electron chi connectivity index (χ1n) is 13.9. The number of carboxylic acids is 1. The predicted octanol–water partition coefficient (Wildman–Crippen LogP) is 2.54. The highest BCUT2D eigenvalue weighted by Gasteiger charge is 2.55. The molecular weight excluding hydrogens is 708 g/mol. The first kappa shape index (κ1) is 33.2. The molecule has 0 spiro atoms. The smallest absolute Gasteiger partial charge is 0.352 e. The van der Waals surface area contributed by atoms with Crippen molar-refractivity contribution < 1.29 is 33.3 Å². The van der Waals surface area contributed by atoms with E-state index >= 15 is 0 Å². The van der Waals surface area contributed by atoms with E-state index < -0.39 is 35.0 Å². The number of amidine groups is 1. The number of anilines is 1. The number of nitrogens with one attached hydrogen (secondary N) is 2. The number of aromatic nitrogens is 3. The molecule has 0 bridgehead atoms. The summed E-state index contributed by atoms with van der Waals surface area (Å²) >= 11 is 14.7. The minimum Gasteiger partial charge on any atom is -0.477 e. The summed E-state index contributed by atoms with van der Waals surface area (Å²) in [5.74, 6) is -3.34. The lowest BCUT2D eigenvalue weighted by atomic mass is 10.0. The van der Waals surface area contributed by atoms with Gasteiger partial charge in [0.2, 0.25) is 0 Å². The number of oxime groups is 1. The Bertz CT molecular complexity index is 2080. The van der Waals surface area contributed by atoms with Crippen LogP contribution in [0.5, 0.6) is 0 Å². The van der Waals surface area contributed by atoms with Crippen LogP contribution in [0.4, 0.5) is 9.52 Å². The maximum absolute atomic E-state index is 14.9. The lowest BCUT2D eigenvalue weighted by molar-refractivity contribution is -0.687. The lowest BCUT2D eigenvalue weighted by Crippen LogP contribution is -2.71. The summed E-state index contributed by atoms with van der Waals surface area (Å²) in [6, 6.07) is 5.25. The molecule has 6 rings (SSSR count). The van der Waals surface area contributed by atoms with Crippen molar-refractivity contribution in [1.82, 2.24) is 19.8 Å². The maximum Gasteiger partial charge on any atom is 0.352 e. The van der Waals surface area contributed by atoms with Crippen LogP contribution in [0.3, 0.4) is 0 Å². The number of nitrogens with zero attached hydrogens (tertiary/aromatic N) is 5. The number of nitrogens with two attached hydrogens (primary N) is 2. The molecule has 5 heterocycles. The molecule has 2 aliphatic rings. The van der Waals surface area contributed by atoms with E-state index in [0.717, 1.165) is 33.2 Å². The molecule has 0 unspecified atom stereocenters. The molecule has 1 aromatic carbocycles. The molecule has 14 nitrogen and oxygen atoms in total. The van der Waals surface area contributed by atoms with Gasteiger partial charge in [0.05, 0.1) is 6.54 Å². The van der Waals surface area contributed by atoms with Gasteiger partial charge in [-0.3, -0.25) is 19.9 Å². The van der Waals surface area contributed by atoms with Crippen LogP contribution in [0, 0.1) is 11.2 Å². The number of halogens is 3. The molecule has 19 heteroatoms. The number of amides is 2. The summed E-state index contributed by atoms with van der Waals surface area (Å²) in [4.78, 5) is 48.9. The van der Waals surface area contributed by atoms with Crippen LogP contribution in [-0.2, 0) is 32.3 Å². The number of pyridine rings is 1. The fraction of sp³-hybridized carbons (Fsp3) is 0.207. The first-order chi connectivity index (χ1) is 22.9. The van der Waals surface area contributed by atoms with Gasteiger partial charge in [-0.2, -0.15) is 4.57 Å². The fourth-order valence-corrected chi connectivity index (χ4v) is 8.00. The van der Waals surface area contributed by atoms with Crippen LogP contribution in [0.25, 0.3) is 10.9 Å². The fourth-order valence-electron chi connectivity index (χ4n) is 5.47. The molecule has 0 saturated carbocycles. The van der Waals surface area contributed by atoms with E-state index in [1.165, 1.54) is 24.9 Å². The van der Waals surface area contributed by atoms with Crippen molar-refractivity contribution in [3.05, 3.63) is 86.1 Å². The number of rotatable bonds is 10. The number of hydrogen-bond donors (Lipinski definition) is 5. The van der Waals surface area contributed by atoms with Gasteiger partial charge in [-0.05, 0) is 18.2 Å². The van der Waals surface area contributed by atoms with Crippen LogP contribution in [0.1, 0.15) is 16.8 Å². The van der Waals surface area contributed by atoms with Crippen molar-refractivity contribution in [2.45, 2.75) is 24.5 Å². The number of thioether (sulfide) groups is 1. The topological polar surface area (TPSA) is 206 Å². The third kappa shape index (κ3) is 6.05. The Morgan fingerprint density at radius 1 is 1.33 bits per heavy atom. The number of hydrogen-bond acceptors (Lipinski definition) is 10. The van der Waals surface area contributed by atoms with Crippen molar-refractivity contribution in [2.75, 3.05) is 18.6 Å². The third-order valence-electron chi connectivity index (χ3n) is 7.69. The van der Waals surface area contributed by atoms with Gasteiger partial charge in [0.15, 0.2) is 29.8 Å². The van der Waals surface area contributed by atoms with E-state index in [9.17, 15) is 23.9 Å². The Morgan fingerprint density at radius 3 is 2.75 bits per heavy atom. The van der Waals surface area contributed by atoms with Crippen LogP contribution >= 0.6 is 46.3 Å². The second-order valence-electron chi connectivity index (χ2n) is 10.6. The van der Waals surface area contributed by atoms with Crippen molar-refractivity contribution in [3.8, 4) is 0 Å². The second-order valence-corrected chi connectivity index (χ2v) is 13.8. The van der Waals surface area contributed by atoms with E-state index in [4.69, 9.17) is 44.9 Å². The van der Waals surface area contributed by atoms with Crippen LogP contribution in [0.15, 0.2) is 59.3 Å². The molecule has 4 aromatic rings. The van der Waals surface area contributed by atoms with E-state index in [-0.39, 0.29) is 67.4 Å². The van der Waals surface area contributed by atoms with Gasteiger partial charge in [-0.1, -0.05) is 39.7 Å². The highest BCUT2D eigenvalue weighted by Crippen LogP contribution is 2.40. The minimum absolute atomic E-state index is 0.00823. The highest BCUT2D eigenvalue weighted by atomic mass is 35.5. The molecule has 1 saturated heterocycles. The molecule has 48 heavy (non-hydrogen) atoms. The number of β-lactam (4-membered cyclic amide) rings is 1. The minimum atomic E-state index is -1.29.